The number of nitrogens with one attached hydrogen (secondary N) is 2. The number of benzene rings is 4. The van der Waals surface area contributed by atoms with Crippen molar-refractivity contribution in [1.82, 2.24) is 10.2 Å². The number of carbonyl (C=O) groups excluding carboxylic acids is 2. The van der Waals surface area contributed by atoms with Gasteiger partial charge in [0.2, 0.25) is 5.91 Å². The Morgan fingerprint density at radius 2 is 1.51 bits per heavy atom. The second kappa shape index (κ2) is 13.1. The predicted octanol–water partition coefficient (Wildman–Crippen LogP) is 5.71. The van der Waals surface area contributed by atoms with Gasteiger partial charge in [0.25, 0.3) is 0 Å². The Morgan fingerprint density at radius 3 is 2.16 bits per heavy atom. The summed E-state index contributed by atoms with van der Waals surface area (Å²) in [5.41, 5.74) is 4.72. The fourth-order valence-corrected chi connectivity index (χ4v) is 5.85. The van der Waals surface area contributed by atoms with Gasteiger partial charge in [-0.15, -0.1) is 0 Å². The van der Waals surface area contributed by atoms with Crippen LogP contribution in [0.1, 0.15) is 25.3 Å². The number of carboxylic acid groups (broad SMARTS) is 1. The molecule has 0 saturated carbocycles. The maximum atomic E-state index is 14.5. The molecule has 1 saturated heterocycles. The number of carbonyl (C=O) groups is 3. The Hall–Kier alpha value is -5.38. The number of anilines is 2. The van der Waals surface area contributed by atoms with Crippen molar-refractivity contribution in [2.45, 2.75) is 18.3 Å². The van der Waals surface area contributed by atoms with Gasteiger partial charge in [0.1, 0.15) is 18.5 Å². The molecule has 1 atom stereocenters. The number of halogens is 1. The van der Waals surface area contributed by atoms with Gasteiger partial charge in [-0.25, -0.2) is 14.0 Å². The number of hydrogen-bond donors (Lipinski definition) is 3. The molecule has 3 amide bonds. The maximum Gasteiger partial charge on any atom is 0.407 e. The highest BCUT2D eigenvalue weighted by atomic mass is 19.1. The van der Waals surface area contributed by atoms with E-state index in [1.165, 1.54) is 29.2 Å². The lowest BCUT2D eigenvalue weighted by atomic mass is 9.98. The van der Waals surface area contributed by atoms with Crippen LogP contribution in [0.5, 0.6) is 0 Å². The van der Waals surface area contributed by atoms with E-state index in [1.807, 2.05) is 53.4 Å². The zero-order chi connectivity index (χ0) is 33.1. The summed E-state index contributed by atoms with van der Waals surface area (Å²) in [6.45, 7) is 0.976. The Kier molecular flexibility index (Phi) is 7.91. The maximum absolute atomic E-state index is 14.5. The van der Waals surface area contributed by atoms with E-state index in [0.29, 0.717) is 18.8 Å². The van der Waals surface area contributed by atoms with Gasteiger partial charge in [0.05, 0.1) is 11.4 Å². The summed E-state index contributed by atoms with van der Waals surface area (Å²) in [5.74, 6) is -1.81. The Balaban J connectivity index is 1.23. The van der Waals surface area contributed by atoms with Crippen molar-refractivity contribution < 1.29 is 31.4 Å². The number of hydrogen-bond acceptors (Lipinski definition) is 5. The lowest BCUT2D eigenvalue weighted by Gasteiger charge is -2.35. The highest BCUT2D eigenvalue weighted by Gasteiger charge is 2.30. The summed E-state index contributed by atoms with van der Waals surface area (Å²) in [6, 6.07) is 25.7. The molecule has 1 aliphatic heterocycles. The Morgan fingerprint density at radius 1 is 0.889 bits per heavy atom. The van der Waals surface area contributed by atoms with Crippen molar-refractivity contribution in [3.05, 3.63) is 120 Å². The van der Waals surface area contributed by atoms with Crippen molar-refractivity contribution in [3.8, 4) is 11.1 Å². The summed E-state index contributed by atoms with van der Waals surface area (Å²) in [4.78, 5) is 41.7. The van der Waals surface area contributed by atoms with Crippen molar-refractivity contribution in [3.63, 3.8) is 0 Å². The normalized spacial score (nSPS) is 15.7. The average Bonchev–Trinajstić information content (AvgIpc) is 3.40. The molecule has 1 unspecified atom stereocenters. The highest BCUT2D eigenvalue weighted by molar-refractivity contribution is 5.99. The standard InChI is InChI=1S/C35H33FN4O5/c36-24-14-15-32(39-16-18-40(19-17-39)35(43)44)30(21-24)37-33(41)31(20-23-8-2-1-3-9-23)38-34(42)45-22-29-27-12-6-4-10-25(27)26-11-5-7-13-28(26)29/h1-15,21,29,31H,16-20,22H2,(H,37,41)(H,38,42)(H,43,44)/i20D2. The summed E-state index contributed by atoms with van der Waals surface area (Å²) in [5, 5.41) is 14.4. The third kappa shape index (κ3) is 6.59. The second-order valence-electron chi connectivity index (χ2n) is 10.8. The van der Waals surface area contributed by atoms with E-state index in [9.17, 15) is 23.9 Å². The largest absolute Gasteiger partial charge is 0.465 e. The first kappa shape index (κ1) is 27.2. The van der Waals surface area contributed by atoms with Crippen molar-refractivity contribution in [2.24, 2.45) is 0 Å². The molecule has 2 aliphatic rings. The summed E-state index contributed by atoms with van der Waals surface area (Å²) < 4.78 is 38.0. The molecule has 6 rings (SSSR count). The highest BCUT2D eigenvalue weighted by Crippen LogP contribution is 2.44. The molecule has 9 nitrogen and oxygen atoms in total. The van der Waals surface area contributed by atoms with E-state index in [-0.39, 0.29) is 36.9 Å². The molecule has 45 heavy (non-hydrogen) atoms. The molecule has 1 aliphatic carbocycles. The van der Waals surface area contributed by atoms with Crippen molar-refractivity contribution in [1.29, 1.82) is 0 Å². The zero-order valence-electron chi connectivity index (χ0n) is 26.3. The van der Waals surface area contributed by atoms with Gasteiger partial charge in [0, 0.05) is 41.2 Å². The molecular formula is C35H33FN4O5. The van der Waals surface area contributed by atoms with E-state index in [2.05, 4.69) is 10.6 Å². The molecule has 10 heteroatoms. The van der Waals surface area contributed by atoms with Crippen LogP contribution >= 0.6 is 0 Å². The van der Waals surface area contributed by atoms with Crippen LogP contribution in [-0.4, -0.2) is 66.9 Å². The minimum absolute atomic E-state index is 0.0428. The van der Waals surface area contributed by atoms with Gasteiger partial charge in [-0.2, -0.15) is 0 Å². The smallest absolute Gasteiger partial charge is 0.407 e. The first-order valence-corrected chi connectivity index (χ1v) is 14.6. The van der Waals surface area contributed by atoms with Crippen LogP contribution in [-0.2, 0) is 15.9 Å². The number of fused-ring (bicyclic) bond motifs is 3. The fourth-order valence-electron chi connectivity index (χ4n) is 5.85. The third-order valence-corrected chi connectivity index (χ3v) is 8.06. The number of piperazine rings is 1. The number of alkyl carbamates (subject to hydrolysis) is 1. The van der Waals surface area contributed by atoms with Gasteiger partial charge in [-0.05, 0) is 46.0 Å². The topological polar surface area (TPSA) is 111 Å². The number of ether oxygens (including phenoxy) is 1. The molecule has 3 N–H and O–H groups in total. The van der Waals surface area contributed by atoms with Gasteiger partial charge in [-0.1, -0.05) is 78.9 Å². The third-order valence-electron chi connectivity index (χ3n) is 8.06. The lowest BCUT2D eigenvalue weighted by molar-refractivity contribution is -0.118. The molecule has 0 aromatic heterocycles. The van der Waals surface area contributed by atoms with Crippen LogP contribution in [0.25, 0.3) is 11.1 Å². The number of amides is 3. The van der Waals surface area contributed by atoms with Gasteiger partial charge in [0.15, 0.2) is 0 Å². The fraction of sp³-hybridized carbons (Fsp3) is 0.229. The first-order chi connectivity index (χ1) is 22.6. The zero-order valence-corrected chi connectivity index (χ0v) is 24.3. The van der Waals surface area contributed by atoms with Crippen LogP contribution in [0.3, 0.4) is 0 Å². The molecule has 1 fully saturated rings. The quantitative estimate of drug-likeness (QED) is 0.236. The van der Waals surface area contributed by atoms with E-state index in [1.54, 1.807) is 18.2 Å². The first-order valence-electron chi connectivity index (χ1n) is 15.6. The Labute approximate surface area is 263 Å². The minimum Gasteiger partial charge on any atom is -0.465 e. The molecule has 4 aromatic rings. The predicted molar refractivity (Wildman–Crippen MR) is 169 cm³/mol. The Bertz CT molecular complexity index is 1750. The number of rotatable bonds is 8. The molecule has 0 spiro atoms. The SMILES string of the molecule is [2H]C([2H])(c1ccccc1)C(NC(=O)OCC1c2ccccc2-c2ccccc21)C(=O)Nc1cc(F)ccc1N1CCN(C(=O)O)CC1. The second-order valence-corrected chi connectivity index (χ2v) is 10.8. The monoisotopic (exact) mass is 610 g/mol. The number of nitrogens with zero attached hydrogens (tertiary/aromatic N) is 2. The molecule has 0 radical (unpaired) electrons. The minimum atomic E-state index is -2.41. The van der Waals surface area contributed by atoms with Crippen LogP contribution in [0.15, 0.2) is 97.1 Å². The van der Waals surface area contributed by atoms with Gasteiger partial charge >= 0.3 is 12.2 Å². The van der Waals surface area contributed by atoms with E-state index in [4.69, 9.17) is 7.48 Å². The summed E-state index contributed by atoms with van der Waals surface area (Å²) in [7, 11) is 0. The van der Waals surface area contributed by atoms with Crippen LogP contribution in [0.2, 0.25) is 0 Å². The summed E-state index contributed by atoms with van der Waals surface area (Å²) >= 11 is 0. The average molecular weight is 611 g/mol. The van der Waals surface area contributed by atoms with E-state index in [0.717, 1.165) is 28.3 Å². The van der Waals surface area contributed by atoms with Gasteiger partial charge < -0.3 is 30.3 Å². The molecule has 4 aromatic carbocycles. The van der Waals surface area contributed by atoms with E-state index >= 15 is 0 Å². The van der Waals surface area contributed by atoms with Gasteiger partial charge in [-0.3, -0.25) is 4.79 Å². The van der Waals surface area contributed by atoms with E-state index < -0.39 is 36.3 Å². The van der Waals surface area contributed by atoms with Crippen LogP contribution in [0.4, 0.5) is 25.4 Å². The molecule has 1 heterocycles. The van der Waals surface area contributed by atoms with Crippen molar-refractivity contribution >= 4 is 29.5 Å². The molecule has 0 bridgehead atoms. The molecule has 230 valence electrons. The lowest BCUT2D eigenvalue weighted by Crippen LogP contribution is -2.49. The van der Waals surface area contributed by atoms with Crippen LogP contribution in [0, 0.1) is 5.82 Å². The van der Waals surface area contributed by atoms with Crippen LogP contribution < -0.4 is 15.5 Å². The van der Waals surface area contributed by atoms with Crippen molar-refractivity contribution in [2.75, 3.05) is 43.0 Å². The summed E-state index contributed by atoms with van der Waals surface area (Å²) in [6.07, 6.45) is -4.43. The molecular weight excluding hydrogens is 575 g/mol.